The zero-order chi connectivity index (χ0) is 25.1. The normalized spacial score (nSPS) is 23.3. The van der Waals surface area contributed by atoms with Crippen molar-refractivity contribution in [2.24, 2.45) is 0 Å². The van der Waals surface area contributed by atoms with Gasteiger partial charge in [0.15, 0.2) is 11.2 Å². The summed E-state index contributed by atoms with van der Waals surface area (Å²) in [5.41, 5.74) is 6.17. The molecule has 0 bridgehead atoms. The second-order valence-electron chi connectivity index (χ2n) is 8.86. The number of nitrogens with zero attached hydrogens (tertiary/aromatic N) is 2. The maximum Gasteiger partial charge on any atom is 0.220 e. The van der Waals surface area contributed by atoms with E-state index in [1.807, 2.05) is 54.6 Å². The van der Waals surface area contributed by atoms with Gasteiger partial charge in [-0.15, -0.1) is 0 Å². The van der Waals surface area contributed by atoms with E-state index in [0.717, 1.165) is 16.7 Å². The summed E-state index contributed by atoms with van der Waals surface area (Å²) in [5.74, 6) is 1.66. The molecule has 2 heterocycles. The van der Waals surface area contributed by atoms with E-state index in [0.29, 0.717) is 34.3 Å². The highest BCUT2D eigenvalue weighted by molar-refractivity contribution is 5.68. The molecule has 3 atom stereocenters. The highest BCUT2D eigenvalue weighted by atomic mass is 16.5. The van der Waals surface area contributed by atoms with Gasteiger partial charge in [0.2, 0.25) is 5.95 Å². The molecule has 6 rings (SSSR count). The van der Waals surface area contributed by atoms with E-state index in [9.17, 15) is 5.11 Å². The largest absolute Gasteiger partial charge is 0.497 e. The Hall–Kier alpha value is -4.30. The highest BCUT2D eigenvalue weighted by Crippen LogP contribution is 2.69. The van der Waals surface area contributed by atoms with Crippen molar-refractivity contribution in [2.75, 3.05) is 27.1 Å². The maximum absolute atomic E-state index is 13.0. The van der Waals surface area contributed by atoms with Gasteiger partial charge >= 0.3 is 0 Å². The lowest BCUT2D eigenvalue weighted by atomic mass is 9.70. The van der Waals surface area contributed by atoms with Crippen LogP contribution in [0.2, 0.25) is 0 Å². The molecule has 8 nitrogen and oxygen atoms in total. The van der Waals surface area contributed by atoms with Gasteiger partial charge in [-0.3, -0.25) is 0 Å². The number of benzene rings is 3. The Bertz CT molecular complexity index is 1460. The summed E-state index contributed by atoms with van der Waals surface area (Å²) >= 11 is 0. The molecule has 8 heteroatoms. The summed E-state index contributed by atoms with van der Waals surface area (Å²) in [6, 6.07) is 20.8. The van der Waals surface area contributed by atoms with Crippen molar-refractivity contribution in [2.45, 2.75) is 17.1 Å². The summed E-state index contributed by atoms with van der Waals surface area (Å²) < 4.78 is 23.6. The SMILES string of the molecule is COc1ccc([C@@]23Oc4cc(OC)cc(OC)c4[C@]2(O)c2nc(N)ncc2C3c2ccccc2)cc1. The van der Waals surface area contributed by atoms with Gasteiger partial charge in [-0.2, -0.15) is 0 Å². The van der Waals surface area contributed by atoms with Crippen LogP contribution in [-0.2, 0) is 11.2 Å². The predicted molar refractivity (Wildman–Crippen MR) is 133 cm³/mol. The molecule has 0 spiro atoms. The number of fused-ring (bicyclic) bond motifs is 5. The number of hydrogen-bond acceptors (Lipinski definition) is 8. The first-order valence-corrected chi connectivity index (χ1v) is 11.5. The van der Waals surface area contributed by atoms with Crippen LogP contribution in [0.25, 0.3) is 0 Å². The van der Waals surface area contributed by atoms with Crippen LogP contribution in [0, 0.1) is 0 Å². The van der Waals surface area contributed by atoms with E-state index in [1.54, 1.807) is 39.7 Å². The molecular formula is C28H25N3O5. The average Bonchev–Trinajstić information content (AvgIpc) is 3.30. The Morgan fingerprint density at radius 3 is 2.31 bits per heavy atom. The van der Waals surface area contributed by atoms with E-state index in [2.05, 4.69) is 9.97 Å². The van der Waals surface area contributed by atoms with E-state index in [4.69, 9.17) is 24.7 Å². The van der Waals surface area contributed by atoms with Crippen molar-refractivity contribution < 1.29 is 24.1 Å². The Morgan fingerprint density at radius 2 is 1.64 bits per heavy atom. The fourth-order valence-electron chi connectivity index (χ4n) is 5.73. The zero-order valence-corrected chi connectivity index (χ0v) is 20.1. The van der Waals surface area contributed by atoms with Gasteiger partial charge in [-0.1, -0.05) is 42.5 Å². The van der Waals surface area contributed by atoms with E-state index in [-0.39, 0.29) is 5.95 Å². The van der Waals surface area contributed by atoms with Crippen LogP contribution in [-0.4, -0.2) is 36.4 Å². The third kappa shape index (κ3) is 2.73. The van der Waals surface area contributed by atoms with Crippen molar-refractivity contribution in [3.05, 3.63) is 101 Å². The molecule has 3 aromatic carbocycles. The molecule has 0 saturated heterocycles. The van der Waals surface area contributed by atoms with Crippen LogP contribution >= 0.6 is 0 Å². The Labute approximate surface area is 208 Å². The van der Waals surface area contributed by atoms with Gasteiger partial charge < -0.3 is 29.8 Å². The van der Waals surface area contributed by atoms with Crippen LogP contribution in [0.1, 0.15) is 33.9 Å². The van der Waals surface area contributed by atoms with Crippen LogP contribution in [0.4, 0.5) is 5.95 Å². The number of nitrogens with two attached hydrogens (primary N) is 1. The molecular weight excluding hydrogens is 458 g/mol. The van der Waals surface area contributed by atoms with E-state index >= 15 is 0 Å². The first-order valence-electron chi connectivity index (χ1n) is 11.5. The second-order valence-corrected chi connectivity index (χ2v) is 8.86. The molecule has 0 amide bonds. The van der Waals surface area contributed by atoms with Crippen molar-refractivity contribution in [1.29, 1.82) is 0 Å². The number of nitrogen functional groups attached to an aromatic ring is 1. The van der Waals surface area contributed by atoms with E-state index in [1.165, 1.54) is 0 Å². The highest BCUT2D eigenvalue weighted by Gasteiger charge is 2.73. The lowest BCUT2D eigenvalue weighted by molar-refractivity contribution is -0.0909. The third-order valence-corrected chi connectivity index (χ3v) is 7.21. The van der Waals surface area contributed by atoms with Crippen molar-refractivity contribution >= 4 is 5.95 Å². The summed E-state index contributed by atoms with van der Waals surface area (Å²) in [7, 11) is 4.73. The molecule has 1 aliphatic carbocycles. The predicted octanol–water partition coefficient (Wildman–Crippen LogP) is 3.75. The van der Waals surface area contributed by atoms with Gasteiger partial charge in [0.25, 0.3) is 0 Å². The van der Waals surface area contributed by atoms with E-state index < -0.39 is 17.1 Å². The molecule has 2 aliphatic rings. The maximum atomic E-state index is 13.0. The minimum Gasteiger partial charge on any atom is -0.497 e. The summed E-state index contributed by atoms with van der Waals surface area (Å²) in [6.07, 6.45) is 1.68. The molecule has 4 aromatic rings. The lowest BCUT2D eigenvalue weighted by Crippen LogP contribution is -2.49. The molecule has 0 radical (unpaired) electrons. The number of anilines is 1. The number of rotatable bonds is 5. The molecule has 36 heavy (non-hydrogen) atoms. The van der Waals surface area contributed by atoms with Crippen molar-refractivity contribution in [3.8, 4) is 23.0 Å². The number of aliphatic hydroxyl groups is 1. The first kappa shape index (κ1) is 22.2. The Balaban J connectivity index is 1.75. The molecule has 1 aromatic heterocycles. The number of aromatic nitrogens is 2. The Morgan fingerprint density at radius 1 is 0.917 bits per heavy atom. The molecule has 0 fully saturated rings. The quantitative estimate of drug-likeness (QED) is 0.442. The molecule has 182 valence electrons. The minimum atomic E-state index is -1.76. The zero-order valence-electron chi connectivity index (χ0n) is 20.1. The minimum absolute atomic E-state index is 0.0560. The molecule has 1 aliphatic heterocycles. The smallest absolute Gasteiger partial charge is 0.220 e. The topological polar surface area (TPSA) is 109 Å². The first-order chi connectivity index (χ1) is 17.5. The summed E-state index contributed by atoms with van der Waals surface area (Å²) in [6.45, 7) is 0. The number of hydrogen-bond donors (Lipinski definition) is 2. The molecule has 0 saturated carbocycles. The monoisotopic (exact) mass is 483 g/mol. The Kier molecular flexibility index (Phi) is 4.84. The van der Waals surface area contributed by atoms with Crippen LogP contribution in [0.3, 0.4) is 0 Å². The number of methoxy groups -OCH3 is 3. The summed E-state index contributed by atoms with van der Waals surface area (Å²) in [4.78, 5) is 8.88. The molecule has 1 unspecified atom stereocenters. The standard InChI is InChI=1S/C28H25N3O5/c1-33-18-11-9-17(10-12-18)28-23(16-7-5-4-6-8-16)20-15-30-26(29)31-25(20)27(28,32)24-21(35-3)13-19(34-2)14-22(24)36-28/h4-15,23,32H,1-3H3,(H2,29,30,31)/t23?,27-,28-/m0/s1. The van der Waals surface area contributed by atoms with Crippen LogP contribution < -0.4 is 24.7 Å². The van der Waals surface area contributed by atoms with Gasteiger partial charge in [-0.05, 0) is 17.7 Å². The van der Waals surface area contributed by atoms with Crippen LogP contribution in [0.15, 0.2) is 72.9 Å². The third-order valence-electron chi connectivity index (χ3n) is 7.21. The summed E-state index contributed by atoms with van der Waals surface area (Å²) in [5, 5.41) is 13.0. The van der Waals surface area contributed by atoms with Crippen LogP contribution in [0.5, 0.6) is 23.0 Å². The van der Waals surface area contributed by atoms with Gasteiger partial charge in [0.05, 0.1) is 38.5 Å². The fraction of sp³-hybridized carbons (Fsp3) is 0.214. The second kappa shape index (κ2) is 7.86. The average molecular weight is 484 g/mol. The fourth-order valence-corrected chi connectivity index (χ4v) is 5.73. The number of ether oxygens (including phenoxy) is 4. The van der Waals surface area contributed by atoms with Gasteiger partial charge in [0.1, 0.15) is 23.0 Å². The molecule has 3 N–H and O–H groups in total. The van der Waals surface area contributed by atoms with Crippen molar-refractivity contribution in [1.82, 2.24) is 9.97 Å². The van der Waals surface area contributed by atoms with Crippen molar-refractivity contribution in [3.63, 3.8) is 0 Å². The van der Waals surface area contributed by atoms with Gasteiger partial charge in [0, 0.05) is 29.5 Å². The lowest BCUT2D eigenvalue weighted by Gasteiger charge is -2.40. The van der Waals surface area contributed by atoms with Gasteiger partial charge in [-0.25, -0.2) is 9.97 Å².